The van der Waals surface area contributed by atoms with Crippen molar-refractivity contribution in [2.45, 2.75) is 0 Å². The van der Waals surface area contributed by atoms with E-state index >= 15 is 0 Å². The summed E-state index contributed by atoms with van der Waals surface area (Å²) in [6, 6.07) is 59.3. The van der Waals surface area contributed by atoms with Gasteiger partial charge in [0, 0.05) is 27.7 Å². The second-order valence-electron chi connectivity index (χ2n) is 10.8. The zero-order chi connectivity index (χ0) is 29.3. The van der Waals surface area contributed by atoms with Gasteiger partial charge in [-0.1, -0.05) is 115 Å². The molecule has 3 nitrogen and oxygen atoms in total. The Hall–Kier alpha value is -5.93. The van der Waals surface area contributed by atoms with Crippen LogP contribution in [-0.4, -0.2) is 4.98 Å². The van der Waals surface area contributed by atoms with E-state index in [0.717, 1.165) is 44.5 Å². The lowest BCUT2D eigenvalue weighted by Gasteiger charge is -2.27. The van der Waals surface area contributed by atoms with Gasteiger partial charge in [0.05, 0.1) is 5.69 Å². The first-order valence-electron chi connectivity index (χ1n) is 14.8. The van der Waals surface area contributed by atoms with Crippen LogP contribution in [0.25, 0.3) is 55.6 Å². The minimum atomic E-state index is 0.627. The number of benzene rings is 7. The maximum Gasteiger partial charge on any atom is 0.227 e. The molecule has 8 rings (SSSR count). The number of oxazole rings is 1. The summed E-state index contributed by atoms with van der Waals surface area (Å²) in [4.78, 5) is 7.16. The number of fused-ring (bicyclic) bond motifs is 3. The van der Waals surface area contributed by atoms with Gasteiger partial charge in [-0.05, 0) is 76.9 Å². The van der Waals surface area contributed by atoms with Crippen molar-refractivity contribution in [3.05, 3.63) is 170 Å². The molecule has 1 aromatic heterocycles. The fourth-order valence-electron chi connectivity index (χ4n) is 5.94. The minimum absolute atomic E-state index is 0.627. The fourth-order valence-corrected chi connectivity index (χ4v) is 5.94. The molecule has 0 N–H and O–H groups in total. The van der Waals surface area contributed by atoms with E-state index in [0.29, 0.717) is 5.89 Å². The second kappa shape index (κ2) is 11.0. The summed E-state index contributed by atoms with van der Waals surface area (Å²) in [5.74, 6) is 0.627. The normalized spacial score (nSPS) is 11.2. The lowest BCUT2D eigenvalue weighted by Crippen LogP contribution is -2.10. The molecule has 0 atom stereocenters. The molecule has 0 aliphatic heterocycles. The molecular weight excluding hydrogens is 536 g/mol. The summed E-state index contributed by atoms with van der Waals surface area (Å²) >= 11 is 0. The van der Waals surface area contributed by atoms with Crippen LogP contribution >= 0.6 is 0 Å². The van der Waals surface area contributed by atoms with E-state index in [2.05, 4.69) is 138 Å². The smallest absolute Gasteiger partial charge is 0.227 e. The minimum Gasteiger partial charge on any atom is -0.435 e. The van der Waals surface area contributed by atoms with Gasteiger partial charge in [0.1, 0.15) is 5.52 Å². The predicted molar refractivity (Wildman–Crippen MR) is 183 cm³/mol. The van der Waals surface area contributed by atoms with E-state index < -0.39 is 0 Å². The standard InChI is InChI=1S/C41H28N2O/c1-4-12-29(13-5-1)31-22-24-34(25-23-31)43(35-19-10-18-33(28-35)30-14-6-2-7-15-30)39-21-11-20-37-36(39)26-27-38-40(37)44-41(42-38)32-16-8-3-9-17-32/h1-28H. The largest absolute Gasteiger partial charge is 0.435 e. The van der Waals surface area contributed by atoms with E-state index in [9.17, 15) is 0 Å². The summed E-state index contributed by atoms with van der Waals surface area (Å²) < 4.78 is 6.43. The Labute approximate surface area is 256 Å². The number of nitrogens with zero attached hydrogens (tertiary/aromatic N) is 2. The zero-order valence-corrected chi connectivity index (χ0v) is 24.0. The van der Waals surface area contributed by atoms with Gasteiger partial charge in [0.15, 0.2) is 5.58 Å². The Kier molecular flexibility index (Phi) is 6.47. The van der Waals surface area contributed by atoms with Gasteiger partial charge in [0.25, 0.3) is 0 Å². The van der Waals surface area contributed by atoms with Crippen molar-refractivity contribution < 1.29 is 4.42 Å². The Morgan fingerprint density at radius 1 is 0.409 bits per heavy atom. The van der Waals surface area contributed by atoms with Crippen molar-refractivity contribution in [2.24, 2.45) is 0 Å². The van der Waals surface area contributed by atoms with E-state index in [1.807, 2.05) is 36.4 Å². The molecule has 1 heterocycles. The highest BCUT2D eigenvalue weighted by Crippen LogP contribution is 2.42. The van der Waals surface area contributed by atoms with Crippen molar-refractivity contribution in [3.8, 4) is 33.7 Å². The van der Waals surface area contributed by atoms with E-state index in [1.54, 1.807) is 0 Å². The molecular formula is C41H28N2O. The zero-order valence-electron chi connectivity index (χ0n) is 24.0. The monoisotopic (exact) mass is 564 g/mol. The first-order valence-corrected chi connectivity index (χ1v) is 14.8. The molecule has 0 bridgehead atoms. The van der Waals surface area contributed by atoms with Crippen molar-refractivity contribution in [3.63, 3.8) is 0 Å². The van der Waals surface area contributed by atoms with Gasteiger partial charge >= 0.3 is 0 Å². The van der Waals surface area contributed by atoms with Crippen molar-refractivity contribution in [1.29, 1.82) is 0 Å². The Morgan fingerprint density at radius 3 is 1.70 bits per heavy atom. The maximum atomic E-state index is 6.43. The van der Waals surface area contributed by atoms with E-state index in [-0.39, 0.29) is 0 Å². The first-order chi connectivity index (χ1) is 21.8. The molecule has 0 aliphatic carbocycles. The molecule has 7 aromatic carbocycles. The summed E-state index contributed by atoms with van der Waals surface area (Å²) in [5.41, 5.74) is 10.6. The average Bonchev–Trinajstić information content (AvgIpc) is 3.56. The lowest BCUT2D eigenvalue weighted by atomic mass is 10.0. The third kappa shape index (κ3) is 4.71. The highest BCUT2D eigenvalue weighted by molar-refractivity contribution is 6.10. The molecule has 0 spiro atoms. The molecule has 0 aliphatic rings. The van der Waals surface area contributed by atoms with Crippen LogP contribution in [-0.2, 0) is 0 Å². The van der Waals surface area contributed by atoms with Gasteiger partial charge in [-0.3, -0.25) is 0 Å². The summed E-state index contributed by atoms with van der Waals surface area (Å²) in [5, 5.41) is 2.12. The van der Waals surface area contributed by atoms with Crippen LogP contribution in [0.15, 0.2) is 174 Å². The van der Waals surface area contributed by atoms with Crippen LogP contribution in [0.2, 0.25) is 0 Å². The van der Waals surface area contributed by atoms with Crippen LogP contribution < -0.4 is 4.90 Å². The van der Waals surface area contributed by atoms with Crippen molar-refractivity contribution in [1.82, 2.24) is 4.98 Å². The molecule has 0 saturated heterocycles. The molecule has 0 saturated carbocycles. The average molecular weight is 565 g/mol. The molecule has 208 valence electrons. The Balaban J connectivity index is 1.31. The van der Waals surface area contributed by atoms with Gasteiger partial charge in [-0.25, -0.2) is 4.98 Å². The molecule has 3 heteroatoms. The number of hydrogen-bond acceptors (Lipinski definition) is 3. The van der Waals surface area contributed by atoms with Crippen LogP contribution in [0.1, 0.15) is 0 Å². The van der Waals surface area contributed by atoms with Crippen LogP contribution in [0.3, 0.4) is 0 Å². The molecule has 0 amide bonds. The van der Waals surface area contributed by atoms with Crippen LogP contribution in [0.4, 0.5) is 17.1 Å². The SMILES string of the molecule is c1ccc(-c2ccc(N(c3cccc(-c4ccccc4)c3)c3cccc4c3ccc3nc(-c5ccccc5)oc34)cc2)cc1. The first kappa shape index (κ1) is 25.8. The molecule has 0 fully saturated rings. The topological polar surface area (TPSA) is 29.3 Å². The Morgan fingerprint density at radius 2 is 1.00 bits per heavy atom. The van der Waals surface area contributed by atoms with Gasteiger partial charge < -0.3 is 9.32 Å². The maximum absolute atomic E-state index is 6.43. The van der Waals surface area contributed by atoms with E-state index in [4.69, 9.17) is 9.40 Å². The predicted octanol–water partition coefficient (Wildman–Crippen LogP) is 11.5. The molecule has 44 heavy (non-hydrogen) atoms. The number of rotatable bonds is 6. The third-order valence-corrected chi connectivity index (χ3v) is 8.09. The van der Waals surface area contributed by atoms with Gasteiger partial charge in [-0.15, -0.1) is 0 Å². The van der Waals surface area contributed by atoms with Crippen molar-refractivity contribution >= 4 is 38.9 Å². The summed E-state index contributed by atoms with van der Waals surface area (Å²) in [6.45, 7) is 0. The van der Waals surface area contributed by atoms with E-state index in [1.165, 1.54) is 22.3 Å². The molecule has 0 radical (unpaired) electrons. The third-order valence-electron chi connectivity index (χ3n) is 8.09. The van der Waals surface area contributed by atoms with Crippen LogP contribution in [0.5, 0.6) is 0 Å². The summed E-state index contributed by atoms with van der Waals surface area (Å²) in [7, 11) is 0. The van der Waals surface area contributed by atoms with Gasteiger partial charge in [0.2, 0.25) is 5.89 Å². The molecule has 0 unspecified atom stereocenters. The van der Waals surface area contributed by atoms with Crippen LogP contribution in [0, 0.1) is 0 Å². The van der Waals surface area contributed by atoms with Gasteiger partial charge in [-0.2, -0.15) is 0 Å². The lowest BCUT2D eigenvalue weighted by molar-refractivity contribution is 0.623. The fraction of sp³-hybridized carbons (Fsp3) is 0. The Bertz CT molecular complexity index is 2200. The highest BCUT2D eigenvalue weighted by Gasteiger charge is 2.19. The number of aromatic nitrogens is 1. The second-order valence-corrected chi connectivity index (χ2v) is 10.8. The molecule has 8 aromatic rings. The number of anilines is 3. The highest BCUT2D eigenvalue weighted by atomic mass is 16.3. The van der Waals surface area contributed by atoms with Crippen molar-refractivity contribution in [2.75, 3.05) is 4.90 Å². The summed E-state index contributed by atoms with van der Waals surface area (Å²) in [6.07, 6.45) is 0. The number of hydrogen-bond donors (Lipinski definition) is 0. The quantitative estimate of drug-likeness (QED) is 0.201.